The molecule has 0 unspecified atom stereocenters. The number of carbonyl (C=O) groups is 2. The number of alkyl halides is 1. The van der Waals surface area contributed by atoms with Gasteiger partial charge in [0.2, 0.25) is 0 Å². The zero-order valence-electron chi connectivity index (χ0n) is 25.9. The number of hydrogen-bond acceptors (Lipinski definition) is 8. The third-order valence-electron chi connectivity index (χ3n) is 7.85. The van der Waals surface area contributed by atoms with Gasteiger partial charge < -0.3 is 18.9 Å². The number of halogens is 2. The van der Waals surface area contributed by atoms with Gasteiger partial charge in [-0.05, 0) is 98.3 Å². The molecule has 9 nitrogen and oxygen atoms in total. The van der Waals surface area contributed by atoms with Gasteiger partial charge in [0.05, 0.1) is 25.1 Å². The molecule has 1 saturated carbocycles. The average Bonchev–Trinajstić information content (AvgIpc) is 3.32. The number of imide groups is 1. The van der Waals surface area contributed by atoms with Gasteiger partial charge in [0.25, 0.3) is 0 Å². The second kappa shape index (κ2) is 11.5. The fraction of sp³-hybridized carbons (Fsp3) is 0.677. The Morgan fingerprint density at radius 1 is 1.02 bits per heavy atom. The van der Waals surface area contributed by atoms with Crippen LogP contribution in [0.3, 0.4) is 0 Å². The van der Waals surface area contributed by atoms with Crippen molar-refractivity contribution in [1.82, 2.24) is 4.90 Å². The van der Waals surface area contributed by atoms with Crippen LogP contribution in [0.25, 0.3) is 0 Å². The van der Waals surface area contributed by atoms with Crippen molar-refractivity contribution < 1.29 is 37.3 Å². The van der Waals surface area contributed by atoms with E-state index in [-0.39, 0.29) is 30.7 Å². The van der Waals surface area contributed by atoms with Crippen LogP contribution in [-0.4, -0.2) is 66.3 Å². The van der Waals surface area contributed by atoms with Gasteiger partial charge >= 0.3 is 12.2 Å². The number of ether oxygens (including phenoxy) is 4. The SMILES string of the molecule is COC1CCC2(CC1)Cc1cc(F)c(OCCCF)cc1[C@]21N=C(C)C(N(C(=O)OC(C)(C)C)C(=O)OC(C)(C)C)=N1. The van der Waals surface area contributed by atoms with Gasteiger partial charge in [-0.3, -0.25) is 9.38 Å². The van der Waals surface area contributed by atoms with Gasteiger partial charge in [0.1, 0.15) is 11.2 Å². The van der Waals surface area contributed by atoms with E-state index >= 15 is 4.39 Å². The number of amidine groups is 1. The van der Waals surface area contributed by atoms with Crippen molar-refractivity contribution in [2.24, 2.45) is 15.4 Å². The number of nitrogens with zero attached hydrogens (tertiary/aromatic N) is 3. The number of amides is 2. The quantitative estimate of drug-likeness (QED) is 0.346. The molecule has 0 bridgehead atoms. The molecule has 232 valence electrons. The van der Waals surface area contributed by atoms with Crippen molar-refractivity contribution in [2.45, 2.75) is 110 Å². The van der Waals surface area contributed by atoms with Crippen molar-refractivity contribution in [2.75, 3.05) is 20.4 Å². The summed E-state index contributed by atoms with van der Waals surface area (Å²) in [4.78, 5) is 38.0. The first-order valence-corrected chi connectivity index (χ1v) is 14.5. The molecule has 2 spiro atoms. The lowest BCUT2D eigenvalue weighted by Gasteiger charge is -2.44. The molecule has 1 fully saturated rings. The van der Waals surface area contributed by atoms with Gasteiger partial charge in [-0.2, -0.15) is 4.90 Å². The lowest BCUT2D eigenvalue weighted by atomic mass is 9.65. The minimum Gasteiger partial charge on any atom is -0.490 e. The highest BCUT2D eigenvalue weighted by atomic mass is 19.1. The lowest BCUT2D eigenvalue weighted by molar-refractivity contribution is -0.000922. The topological polar surface area (TPSA) is 99.0 Å². The maximum atomic E-state index is 15.2. The summed E-state index contributed by atoms with van der Waals surface area (Å²) in [7, 11) is 1.69. The van der Waals surface area contributed by atoms with E-state index in [1.54, 1.807) is 61.6 Å². The fourth-order valence-electron chi connectivity index (χ4n) is 6.08. The van der Waals surface area contributed by atoms with Crippen LogP contribution in [0.4, 0.5) is 18.4 Å². The maximum absolute atomic E-state index is 15.2. The van der Waals surface area contributed by atoms with Crippen LogP contribution in [0.2, 0.25) is 0 Å². The molecule has 0 N–H and O–H groups in total. The molecular weight excluding hydrogens is 548 g/mol. The van der Waals surface area contributed by atoms with Gasteiger partial charge in [-0.15, -0.1) is 0 Å². The van der Waals surface area contributed by atoms with E-state index in [0.29, 0.717) is 30.5 Å². The third-order valence-corrected chi connectivity index (χ3v) is 7.85. The van der Waals surface area contributed by atoms with Gasteiger partial charge in [0.15, 0.2) is 23.1 Å². The lowest BCUT2D eigenvalue weighted by Crippen LogP contribution is -2.49. The second-order valence-electron chi connectivity index (χ2n) is 13.3. The monoisotopic (exact) mass is 591 g/mol. The number of carbonyl (C=O) groups excluding carboxylic acids is 2. The summed E-state index contributed by atoms with van der Waals surface area (Å²) in [5.41, 5.74) is -1.91. The zero-order valence-corrected chi connectivity index (χ0v) is 25.9. The van der Waals surface area contributed by atoms with Gasteiger partial charge in [0, 0.05) is 24.5 Å². The molecule has 3 aliphatic rings. The normalized spacial score (nSPS) is 25.2. The average molecular weight is 592 g/mol. The van der Waals surface area contributed by atoms with E-state index in [0.717, 1.165) is 23.3 Å². The molecule has 2 amide bonds. The van der Waals surface area contributed by atoms with E-state index in [1.165, 1.54) is 6.07 Å². The molecule has 1 aromatic rings. The van der Waals surface area contributed by atoms with Crippen LogP contribution < -0.4 is 4.74 Å². The number of hydrogen-bond donors (Lipinski definition) is 0. The minimum atomic E-state index is -1.26. The van der Waals surface area contributed by atoms with Gasteiger partial charge in [-0.25, -0.2) is 19.0 Å². The van der Waals surface area contributed by atoms with Crippen molar-refractivity contribution >= 4 is 23.7 Å². The Morgan fingerprint density at radius 3 is 2.14 bits per heavy atom. The molecule has 0 aromatic heterocycles. The van der Waals surface area contributed by atoms with Crippen LogP contribution in [0, 0.1) is 11.2 Å². The number of benzene rings is 1. The Hall–Kier alpha value is -3.08. The van der Waals surface area contributed by atoms with Crippen molar-refractivity contribution in [1.29, 1.82) is 0 Å². The maximum Gasteiger partial charge on any atom is 0.425 e. The standard InChI is InChI=1S/C31H43F2N3O6/c1-19-25(36(26(37)41-28(2,3)4)27(38)42-29(5,6)7)35-31(34-19)22-17-24(40-15-9-14-32)23(33)16-20(22)18-30(31)12-10-21(39-8)11-13-30/h16-17,21H,9-15,18H2,1-8H3/t21?,30?,31-/m1/s1. The summed E-state index contributed by atoms with van der Waals surface area (Å²) in [6, 6.07) is 3.03. The van der Waals surface area contributed by atoms with Crippen LogP contribution in [-0.2, 0) is 26.3 Å². The van der Waals surface area contributed by atoms with Gasteiger partial charge in [-0.1, -0.05) is 0 Å². The Morgan fingerprint density at radius 2 is 1.62 bits per heavy atom. The third kappa shape index (κ3) is 6.16. The molecule has 1 atom stereocenters. The van der Waals surface area contributed by atoms with Crippen molar-refractivity contribution in [3.05, 3.63) is 29.1 Å². The Labute approximate surface area is 246 Å². The van der Waals surface area contributed by atoms with E-state index in [4.69, 9.17) is 28.9 Å². The molecule has 2 aliphatic carbocycles. The molecule has 1 aliphatic heterocycles. The highest BCUT2D eigenvalue weighted by Crippen LogP contribution is 2.62. The van der Waals surface area contributed by atoms with Crippen molar-refractivity contribution in [3.63, 3.8) is 0 Å². The molecule has 1 aromatic carbocycles. The number of aliphatic imine (C=N–C) groups is 2. The molecule has 0 radical (unpaired) electrons. The summed E-state index contributed by atoms with van der Waals surface area (Å²) >= 11 is 0. The largest absolute Gasteiger partial charge is 0.490 e. The predicted molar refractivity (Wildman–Crippen MR) is 154 cm³/mol. The molecule has 11 heteroatoms. The fourth-order valence-corrected chi connectivity index (χ4v) is 6.08. The van der Waals surface area contributed by atoms with Crippen LogP contribution >= 0.6 is 0 Å². The first-order valence-electron chi connectivity index (χ1n) is 14.5. The summed E-state index contributed by atoms with van der Waals surface area (Å²) in [5, 5.41) is 0. The molecule has 4 rings (SSSR count). The van der Waals surface area contributed by atoms with E-state index < -0.39 is 47.0 Å². The molecule has 1 heterocycles. The summed E-state index contributed by atoms with van der Waals surface area (Å²) in [6.45, 7) is 11.3. The van der Waals surface area contributed by atoms with Crippen LogP contribution in [0.15, 0.2) is 22.1 Å². The predicted octanol–water partition coefficient (Wildman–Crippen LogP) is 6.89. The summed E-state index contributed by atoms with van der Waals surface area (Å²) < 4.78 is 50.4. The molecule has 0 saturated heterocycles. The Balaban J connectivity index is 1.88. The molecule has 42 heavy (non-hydrogen) atoms. The summed E-state index contributed by atoms with van der Waals surface area (Å²) in [5.74, 6) is -0.543. The summed E-state index contributed by atoms with van der Waals surface area (Å²) in [6.07, 6.45) is 1.66. The van der Waals surface area contributed by atoms with E-state index in [2.05, 4.69) is 0 Å². The van der Waals surface area contributed by atoms with Crippen LogP contribution in [0.1, 0.15) is 91.7 Å². The number of fused-ring (bicyclic) bond motifs is 3. The zero-order chi connectivity index (χ0) is 31.1. The molecular formula is C31H43F2N3O6. The number of rotatable bonds is 5. The Kier molecular flexibility index (Phi) is 8.75. The van der Waals surface area contributed by atoms with Crippen molar-refractivity contribution in [3.8, 4) is 5.75 Å². The van der Waals surface area contributed by atoms with E-state index in [1.807, 2.05) is 0 Å². The highest BCUT2D eigenvalue weighted by Gasteiger charge is 2.62. The van der Waals surface area contributed by atoms with Crippen LogP contribution in [0.5, 0.6) is 5.75 Å². The first kappa shape index (κ1) is 31.8. The minimum absolute atomic E-state index is 0.0156. The first-order chi connectivity index (χ1) is 19.5. The Bertz CT molecular complexity index is 1250. The van der Waals surface area contributed by atoms with E-state index in [9.17, 15) is 14.0 Å². The second-order valence-corrected chi connectivity index (χ2v) is 13.3. The smallest absolute Gasteiger partial charge is 0.425 e. The number of methoxy groups -OCH3 is 1. The highest BCUT2D eigenvalue weighted by molar-refractivity contribution is 6.46.